The summed E-state index contributed by atoms with van der Waals surface area (Å²) in [6.07, 6.45) is 3.86. The van der Waals surface area contributed by atoms with Gasteiger partial charge in [0.2, 0.25) is 5.95 Å². The lowest BCUT2D eigenvalue weighted by Gasteiger charge is -2.19. The van der Waals surface area contributed by atoms with Crippen molar-refractivity contribution >= 4 is 23.5 Å². The number of carbonyl (C=O) groups is 1. The number of halogens is 1. The van der Waals surface area contributed by atoms with Crippen LogP contribution in [0.1, 0.15) is 55.5 Å². The van der Waals surface area contributed by atoms with Crippen molar-refractivity contribution in [2.45, 2.75) is 69.9 Å². The second kappa shape index (κ2) is 8.29. The lowest BCUT2D eigenvalue weighted by molar-refractivity contribution is 0.0546. The Kier molecular flexibility index (Phi) is 5.43. The van der Waals surface area contributed by atoms with Gasteiger partial charge in [-0.3, -0.25) is 9.50 Å². The molecule has 2 aliphatic rings. The summed E-state index contributed by atoms with van der Waals surface area (Å²) in [6.45, 7) is 4.29. The number of imidazole rings is 1. The normalized spacial score (nSPS) is 23.6. The molecule has 2 fully saturated rings. The van der Waals surface area contributed by atoms with Gasteiger partial charge >= 0.3 is 6.09 Å². The Bertz CT molecular complexity index is 1170. The van der Waals surface area contributed by atoms with Gasteiger partial charge in [0.05, 0.1) is 12.3 Å². The van der Waals surface area contributed by atoms with Crippen LogP contribution in [0, 0.1) is 6.92 Å². The fraction of sp³-hybridized carbons (Fsp3) is 0.545. The molecule has 0 unspecified atom stereocenters. The summed E-state index contributed by atoms with van der Waals surface area (Å²) in [5.41, 5.74) is 2.95. The van der Waals surface area contributed by atoms with E-state index < -0.39 is 24.3 Å². The highest BCUT2D eigenvalue weighted by Crippen LogP contribution is 2.39. The number of hydrogen-bond acceptors (Lipinski definition) is 7. The van der Waals surface area contributed by atoms with E-state index in [4.69, 9.17) is 9.47 Å². The van der Waals surface area contributed by atoms with E-state index in [1.807, 2.05) is 24.4 Å². The highest BCUT2D eigenvalue weighted by Gasteiger charge is 2.43. The van der Waals surface area contributed by atoms with E-state index in [1.165, 1.54) is 0 Å². The molecule has 5 rings (SSSR count). The molecule has 0 saturated heterocycles. The number of aromatic amines is 1. The van der Waals surface area contributed by atoms with Gasteiger partial charge in [-0.05, 0) is 39.5 Å². The van der Waals surface area contributed by atoms with Crippen LogP contribution in [0.2, 0.25) is 0 Å². The molecule has 176 valence electrons. The van der Waals surface area contributed by atoms with Crippen LogP contribution in [0.25, 0.3) is 5.65 Å². The van der Waals surface area contributed by atoms with Gasteiger partial charge in [-0.1, -0.05) is 0 Å². The molecule has 11 heteroatoms. The summed E-state index contributed by atoms with van der Waals surface area (Å²) < 4.78 is 27.5. The third-order valence-electron chi connectivity index (χ3n) is 6.41. The van der Waals surface area contributed by atoms with E-state index in [9.17, 15) is 4.79 Å². The summed E-state index contributed by atoms with van der Waals surface area (Å²) >= 11 is 0. The average molecular weight is 458 g/mol. The molecule has 3 heterocycles. The van der Waals surface area contributed by atoms with Gasteiger partial charge in [-0.25, -0.2) is 19.2 Å². The van der Waals surface area contributed by atoms with Crippen LogP contribution in [0.15, 0.2) is 18.5 Å². The maximum atomic E-state index is 15.1. The summed E-state index contributed by atoms with van der Waals surface area (Å²) in [6, 6.07) is 1.77. The van der Waals surface area contributed by atoms with Gasteiger partial charge < -0.3 is 20.1 Å². The number of alkyl carbamates (subject to hydrolysis) is 1. The second-order valence-electron chi connectivity index (χ2n) is 9.21. The number of anilines is 2. The van der Waals surface area contributed by atoms with Gasteiger partial charge in [0.1, 0.15) is 17.9 Å². The number of hydrogen-bond donors (Lipinski definition) is 3. The van der Waals surface area contributed by atoms with Gasteiger partial charge in [0.15, 0.2) is 5.82 Å². The van der Waals surface area contributed by atoms with Crippen LogP contribution in [-0.4, -0.2) is 55.6 Å². The van der Waals surface area contributed by atoms with E-state index >= 15 is 4.39 Å². The molecule has 3 N–H and O–H groups in total. The number of fused-ring (bicyclic) bond motifs is 1. The number of alkyl halides is 1. The predicted octanol–water partition coefficient (Wildman–Crippen LogP) is 3.51. The Morgan fingerprint density at radius 1 is 1.39 bits per heavy atom. The minimum atomic E-state index is -1.30. The molecular weight excluding hydrogens is 429 g/mol. The number of amides is 1. The summed E-state index contributed by atoms with van der Waals surface area (Å²) in [5, 5.41) is 13.2. The minimum absolute atomic E-state index is 0.195. The standard InChI is InChI=1S/C22H28FN7O3/c1-12-9-24-20(30-10-13(11-32-3)25-19(12)30)26-17-8-15(28-29-17)14-4-5-16(18(14)23)33-21(31)27-22(2)6-7-22/h8-10,14,16,18H,4-7,11H2,1-3H3,(H,27,31)(H2,24,26,28,29)/t14-,16-,18-/m0/s1. The smallest absolute Gasteiger partial charge is 0.407 e. The first kappa shape index (κ1) is 21.6. The van der Waals surface area contributed by atoms with Crippen molar-refractivity contribution in [1.82, 2.24) is 29.9 Å². The fourth-order valence-corrected chi connectivity index (χ4v) is 4.26. The van der Waals surface area contributed by atoms with Crippen molar-refractivity contribution in [3.05, 3.63) is 35.4 Å². The Hall–Kier alpha value is -3.21. The van der Waals surface area contributed by atoms with Gasteiger partial charge in [-0.2, -0.15) is 5.10 Å². The van der Waals surface area contributed by atoms with Crippen LogP contribution in [0.5, 0.6) is 0 Å². The van der Waals surface area contributed by atoms with Crippen LogP contribution in [-0.2, 0) is 16.1 Å². The van der Waals surface area contributed by atoms with Crippen LogP contribution >= 0.6 is 0 Å². The first-order valence-corrected chi connectivity index (χ1v) is 11.1. The van der Waals surface area contributed by atoms with Crippen molar-refractivity contribution in [3.8, 4) is 0 Å². The lowest BCUT2D eigenvalue weighted by Crippen LogP contribution is -2.38. The zero-order valence-corrected chi connectivity index (χ0v) is 18.9. The molecule has 3 atom stereocenters. The average Bonchev–Trinajstić information content (AvgIpc) is 3.15. The molecular formula is C22H28FN7O3. The van der Waals surface area contributed by atoms with E-state index in [0.29, 0.717) is 36.9 Å². The maximum Gasteiger partial charge on any atom is 0.407 e. The number of aromatic nitrogens is 5. The molecule has 0 aromatic carbocycles. The highest BCUT2D eigenvalue weighted by atomic mass is 19.1. The second-order valence-corrected chi connectivity index (χ2v) is 9.21. The van der Waals surface area contributed by atoms with Gasteiger partial charge in [0.25, 0.3) is 0 Å². The highest BCUT2D eigenvalue weighted by molar-refractivity contribution is 5.69. The number of nitrogens with one attached hydrogen (secondary N) is 3. The molecule has 0 spiro atoms. The number of methoxy groups -OCH3 is 1. The fourth-order valence-electron chi connectivity index (χ4n) is 4.26. The van der Waals surface area contributed by atoms with E-state index in [0.717, 1.165) is 29.7 Å². The topological polar surface area (TPSA) is 118 Å². The van der Waals surface area contributed by atoms with E-state index in [-0.39, 0.29) is 5.54 Å². The molecule has 2 aliphatic carbocycles. The number of nitrogens with zero attached hydrogens (tertiary/aromatic N) is 4. The van der Waals surface area contributed by atoms with Crippen LogP contribution in [0.3, 0.4) is 0 Å². The lowest BCUT2D eigenvalue weighted by atomic mass is 10.0. The molecule has 2 saturated carbocycles. The molecule has 33 heavy (non-hydrogen) atoms. The molecule has 10 nitrogen and oxygen atoms in total. The van der Waals surface area contributed by atoms with Crippen molar-refractivity contribution in [1.29, 1.82) is 0 Å². The third kappa shape index (κ3) is 4.37. The Balaban J connectivity index is 1.27. The third-order valence-corrected chi connectivity index (χ3v) is 6.41. The molecule has 0 radical (unpaired) electrons. The van der Waals surface area contributed by atoms with Crippen LogP contribution < -0.4 is 10.6 Å². The first-order valence-electron chi connectivity index (χ1n) is 11.1. The number of H-pyrrole nitrogens is 1. The quantitative estimate of drug-likeness (QED) is 0.497. The SMILES string of the molecule is COCc1cn2c(Nc3cc([C@@H]4CC[C@H](OC(=O)NC5(C)CC5)[C@H]4F)[nH]n3)ncc(C)c2n1. The van der Waals surface area contributed by atoms with E-state index in [2.05, 4.69) is 30.8 Å². The van der Waals surface area contributed by atoms with Gasteiger partial charge in [0, 0.05) is 48.3 Å². The Labute approximate surface area is 190 Å². The Morgan fingerprint density at radius 3 is 2.97 bits per heavy atom. The summed E-state index contributed by atoms with van der Waals surface area (Å²) in [7, 11) is 1.62. The number of ether oxygens (including phenoxy) is 2. The van der Waals surface area contributed by atoms with Crippen LogP contribution in [0.4, 0.5) is 21.0 Å². The molecule has 0 aliphatic heterocycles. The summed E-state index contributed by atoms with van der Waals surface area (Å²) in [5.74, 6) is 0.633. The van der Waals surface area contributed by atoms with Crippen molar-refractivity contribution in [3.63, 3.8) is 0 Å². The maximum absolute atomic E-state index is 15.1. The number of rotatable bonds is 7. The zero-order valence-electron chi connectivity index (χ0n) is 18.9. The minimum Gasteiger partial charge on any atom is -0.443 e. The predicted molar refractivity (Wildman–Crippen MR) is 118 cm³/mol. The number of aryl methyl sites for hydroxylation is 1. The molecule has 1 amide bonds. The number of carbonyl (C=O) groups excluding carboxylic acids is 1. The van der Waals surface area contributed by atoms with Crippen molar-refractivity contribution in [2.24, 2.45) is 0 Å². The largest absolute Gasteiger partial charge is 0.443 e. The van der Waals surface area contributed by atoms with Crippen molar-refractivity contribution in [2.75, 3.05) is 12.4 Å². The summed E-state index contributed by atoms with van der Waals surface area (Å²) in [4.78, 5) is 21.1. The zero-order chi connectivity index (χ0) is 23.2. The Morgan fingerprint density at radius 2 is 2.21 bits per heavy atom. The van der Waals surface area contributed by atoms with Crippen molar-refractivity contribution < 1.29 is 18.7 Å². The molecule has 3 aromatic heterocycles. The monoisotopic (exact) mass is 457 g/mol. The first-order chi connectivity index (χ1) is 15.8. The van der Waals surface area contributed by atoms with E-state index in [1.54, 1.807) is 19.4 Å². The molecule has 3 aromatic rings. The van der Waals surface area contributed by atoms with Gasteiger partial charge in [-0.15, -0.1) is 0 Å². The molecule has 0 bridgehead atoms.